The minimum absolute atomic E-state index is 0.480. The maximum absolute atomic E-state index is 4.83. The number of nitrogens with zero attached hydrogens (tertiary/aromatic N) is 2. The second kappa shape index (κ2) is 7.62. The van der Waals surface area contributed by atoms with Crippen molar-refractivity contribution in [2.24, 2.45) is 0 Å². The number of nitrogens with one attached hydrogen (secondary N) is 4. The molecule has 24 heavy (non-hydrogen) atoms. The Morgan fingerprint density at radius 1 is 0.542 bits per heavy atom. The van der Waals surface area contributed by atoms with Gasteiger partial charge in [-0.2, -0.15) is 9.97 Å². The third kappa shape index (κ3) is 4.12. The maximum Gasteiger partial charge on any atom is 0.213 e. The van der Waals surface area contributed by atoms with E-state index < -0.39 is 0 Å². The van der Waals surface area contributed by atoms with E-state index >= 15 is 0 Å². The van der Waals surface area contributed by atoms with E-state index in [1.807, 2.05) is 60.7 Å². The predicted octanol–water partition coefficient (Wildman–Crippen LogP) is 4.27. The summed E-state index contributed by atoms with van der Waals surface area (Å²) >= 11 is 9.67. The van der Waals surface area contributed by atoms with E-state index in [-0.39, 0.29) is 0 Å². The fourth-order valence-electron chi connectivity index (χ4n) is 2.01. The first kappa shape index (κ1) is 16.0. The topological polar surface area (TPSA) is 88.9 Å². The third-order valence-electron chi connectivity index (χ3n) is 3.10. The van der Waals surface area contributed by atoms with Gasteiger partial charge in [-0.25, -0.2) is 0 Å². The van der Waals surface area contributed by atoms with Crippen LogP contribution in [0.5, 0.6) is 0 Å². The lowest BCUT2D eigenvalue weighted by Gasteiger charge is -1.91. The lowest BCUT2D eigenvalue weighted by atomic mass is 10.2. The first-order chi connectivity index (χ1) is 11.7. The zero-order chi connectivity index (χ0) is 16.8. The van der Waals surface area contributed by atoms with Crippen molar-refractivity contribution < 1.29 is 0 Å². The van der Waals surface area contributed by atoms with Crippen LogP contribution in [0.1, 0.15) is 0 Å². The first-order valence-electron chi connectivity index (χ1n) is 7.12. The molecule has 0 unspecified atom stereocenters. The number of rotatable bonds is 2. The lowest BCUT2D eigenvalue weighted by molar-refractivity contribution is 1.08. The van der Waals surface area contributed by atoms with E-state index in [0.29, 0.717) is 9.54 Å². The Kier molecular flexibility index (Phi) is 5.09. The number of aromatic nitrogens is 6. The molecule has 2 aromatic heterocycles. The summed E-state index contributed by atoms with van der Waals surface area (Å²) in [6.07, 6.45) is 0. The number of benzene rings is 2. The molecule has 0 atom stereocenters. The standard InChI is InChI=1S/2C8H7N3S/c2*12-8-9-7(10-11-8)6-4-2-1-3-5-6/h2*1-5H,(H2,9,10,11,12). The van der Waals surface area contributed by atoms with Gasteiger partial charge < -0.3 is 0 Å². The molecule has 6 nitrogen and oxygen atoms in total. The number of H-pyrrole nitrogens is 4. The fourth-order valence-corrected chi connectivity index (χ4v) is 2.29. The van der Waals surface area contributed by atoms with Crippen molar-refractivity contribution in [1.29, 1.82) is 0 Å². The van der Waals surface area contributed by atoms with Crippen molar-refractivity contribution in [3.63, 3.8) is 0 Å². The first-order valence-corrected chi connectivity index (χ1v) is 7.94. The molecule has 4 aromatic rings. The van der Waals surface area contributed by atoms with Gasteiger partial charge in [-0.3, -0.25) is 20.4 Å². The van der Waals surface area contributed by atoms with Gasteiger partial charge in [-0.1, -0.05) is 60.7 Å². The Bertz CT molecular complexity index is 914. The van der Waals surface area contributed by atoms with E-state index in [4.69, 9.17) is 24.4 Å². The van der Waals surface area contributed by atoms with Gasteiger partial charge >= 0.3 is 0 Å². The average Bonchev–Trinajstić information content (AvgIpc) is 3.26. The molecule has 2 heterocycles. The second-order valence-electron chi connectivity index (χ2n) is 4.76. The van der Waals surface area contributed by atoms with Crippen molar-refractivity contribution in [3.05, 3.63) is 70.2 Å². The quantitative estimate of drug-likeness (QED) is 0.405. The highest BCUT2D eigenvalue weighted by molar-refractivity contribution is 7.71. The van der Waals surface area contributed by atoms with Gasteiger partial charge in [-0.15, -0.1) is 0 Å². The summed E-state index contributed by atoms with van der Waals surface area (Å²) in [5.41, 5.74) is 2.06. The van der Waals surface area contributed by atoms with Crippen LogP contribution in [-0.4, -0.2) is 30.4 Å². The summed E-state index contributed by atoms with van der Waals surface area (Å²) < 4.78 is 0.961. The van der Waals surface area contributed by atoms with Crippen molar-refractivity contribution >= 4 is 24.4 Å². The summed E-state index contributed by atoms with van der Waals surface area (Å²) in [6.45, 7) is 0. The highest BCUT2D eigenvalue weighted by Gasteiger charge is 1.98. The largest absolute Gasteiger partial charge is 0.282 e. The molecule has 0 aliphatic carbocycles. The van der Waals surface area contributed by atoms with E-state index in [9.17, 15) is 0 Å². The Balaban J connectivity index is 0.000000141. The van der Waals surface area contributed by atoms with Gasteiger partial charge in [0.2, 0.25) is 9.54 Å². The fraction of sp³-hybridized carbons (Fsp3) is 0. The molecule has 8 heteroatoms. The smallest absolute Gasteiger partial charge is 0.213 e. The molecular formula is C16H14N6S2. The second-order valence-corrected chi connectivity index (χ2v) is 5.54. The Morgan fingerprint density at radius 3 is 1.21 bits per heavy atom. The molecule has 0 saturated carbocycles. The Hall–Kier alpha value is -2.84. The SMILES string of the molecule is S=c1nc(-c2ccccc2)[nH][nH]1.S=c1nc(-c2ccccc2)[nH][nH]1. The summed E-state index contributed by atoms with van der Waals surface area (Å²) in [7, 11) is 0. The molecule has 4 rings (SSSR count). The molecule has 0 saturated heterocycles. The minimum atomic E-state index is 0.480. The molecule has 0 amide bonds. The van der Waals surface area contributed by atoms with Crippen LogP contribution in [0.4, 0.5) is 0 Å². The minimum Gasteiger partial charge on any atom is -0.282 e. The molecule has 4 N–H and O–H groups in total. The average molecular weight is 354 g/mol. The van der Waals surface area contributed by atoms with E-state index in [0.717, 1.165) is 22.8 Å². The van der Waals surface area contributed by atoms with E-state index in [1.54, 1.807) is 0 Å². The van der Waals surface area contributed by atoms with Crippen molar-refractivity contribution in [3.8, 4) is 22.8 Å². The van der Waals surface area contributed by atoms with Crippen molar-refractivity contribution in [2.45, 2.75) is 0 Å². The van der Waals surface area contributed by atoms with Crippen molar-refractivity contribution in [2.75, 3.05) is 0 Å². The van der Waals surface area contributed by atoms with Gasteiger partial charge in [0.15, 0.2) is 11.6 Å². The predicted molar refractivity (Wildman–Crippen MR) is 98.4 cm³/mol. The Labute approximate surface area is 148 Å². The van der Waals surface area contributed by atoms with Gasteiger partial charge in [-0.05, 0) is 24.4 Å². The molecule has 120 valence electrons. The van der Waals surface area contributed by atoms with Crippen LogP contribution in [0.25, 0.3) is 22.8 Å². The highest BCUT2D eigenvalue weighted by Crippen LogP contribution is 2.12. The zero-order valence-corrected chi connectivity index (χ0v) is 14.1. The summed E-state index contributed by atoms with van der Waals surface area (Å²) in [6, 6.07) is 19.7. The molecule has 0 aliphatic rings. The van der Waals surface area contributed by atoms with E-state index in [2.05, 4.69) is 30.4 Å². The molecular weight excluding hydrogens is 340 g/mol. The number of aromatic amines is 4. The number of hydrogen-bond donors (Lipinski definition) is 4. The molecule has 0 aliphatic heterocycles. The molecule has 0 radical (unpaired) electrons. The van der Waals surface area contributed by atoms with Crippen LogP contribution in [0, 0.1) is 9.54 Å². The van der Waals surface area contributed by atoms with Crippen LogP contribution in [0.2, 0.25) is 0 Å². The van der Waals surface area contributed by atoms with Gasteiger partial charge in [0, 0.05) is 11.1 Å². The maximum atomic E-state index is 4.83. The van der Waals surface area contributed by atoms with Gasteiger partial charge in [0.1, 0.15) is 0 Å². The lowest BCUT2D eigenvalue weighted by Crippen LogP contribution is -1.78. The normalized spacial score (nSPS) is 10.0. The van der Waals surface area contributed by atoms with Crippen molar-refractivity contribution in [1.82, 2.24) is 30.4 Å². The molecule has 0 fully saturated rings. The number of hydrogen-bond acceptors (Lipinski definition) is 4. The van der Waals surface area contributed by atoms with Crippen LogP contribution in [0.3, 0.4) is 0 Å². The molecule has 0 spiro atoms. The van der Waals surface area contributed by atoms with Gasteiger partial charge in [0.25, 0.3) is 0 Å². The Morgan fingerprint density at radius 2 is 0.917 bits per heavy atom. The zero-order valence-electron chi connectivity index (χ0n) is 12.5. The van der Waals surface area contributed by atoms with Gasteiger partial charge in [0.05, 0.1) is 0 Å². The summed E-state index contributed by atoms with van der Waals surface area (Å²) in [4.78, 5) is 8.17. The van der Waals surface area contributed by atoms with Crippen LogP contribution in [0.15, 0.2) is 60.7 Å². The molecule has 2 aromatic carbocycles. The van der Waals surface area contributed by atoms with E-state index in [1.165, 1.54) is 0 Å². The summed E-state index contributed by atoms with van der Waals surface area (Å²) in [5.74, 6) is 1.56. The third-order valence-corrected chi connectivity index (χ3v) is 3.48. The van der Waals surface area contributed by atoms with Crippen LogP contribution < -0.4 is 0 Å². The van der Waals surface area contributed by atoms with Crippen LogP contribution in [-0.2, 0) is 0 Å². The monoisotopic (exact) mass is 354 g/mol. The summed E-state index contributed by atoms with van der Waals surface area (Å²) in [5, 5.41) is 11.3. The van der Waals surface area contributed by atoms with Crippen LogP contribution >= 0.6 is 24.4 Å². The molecule has 0 bridgehead atoms. The highest BCUT2D eigenvalue weighted by atomic mass is 32.1.